The van der Waals surface area contributed by atoms with Crippen LogP contribution in [-0.2, 0) is 54.5 Å². The Hall–Kier alpha value is -8.52. The van der Waals surface area contributed by atoms with Crippen molar-refractivity contribution in [2.45, 2.75) is 164 Å². The first kappa shape index (κ1) is 76.7. The molecule has 0 unspecified atom stereocenters. The molecule has 504 valence electrons. The molecule has 35 nitrogen and oxygen atoms in total. The van der Waals surface area contributed by atoms with Gasteiger partial charge < -0.3 is 109 Å². The van der Waals surface area contributed by atoms with E-state index in [9.17, 15) is 114 Å². The van der Waals surface area contributed by atoms with Gasteiger partial charge in [0, 0.05) is 93.6 Å². The smallest absolute Gasteiger partial charge is 0.326 e. The Labute approximate surface area is 517 Å². The van der Waals surface area contributed by atoms with Crippen molar-refractivity contribution in [2.75, 3.05) is 37.4 Å². The lowest BCUT2D eigenvalue weighted by atomic mass is 9.89. The minimum Gasteiger partial charge on any atom is -0.481 e. The van der Waals surface area contributed by atoms with E-state index in [1.165, 1.54) is 43.5 Å². The number of aliphatic hydroxyl groups is 10. The Balaban J connectivity index is 1.88. The number of hydrogen-bond acceptors (Lipinski definition) is 26. The Morgan fingerprint density at radius 2 is 1.05 bits per heavy atom. The van der Waals surface area contributed by atoms with Crippen molar-refractivity contribution in [2.24, 2.45) is 11.8 Å². The number of carbonyl (C=O) groups is 11. The number of carbonyl (C=O) groups excluding carboxylic acids is 8. The molecule has 0 aliphatic carbocycles. The largest absolute Gasteiger partial charge is 0.481 e. The van der Waals surface area contributed by atoms with E-state index in [1.54, 1.807) is 0 Å². The first-order valence-electron chi connectivity index (χ1n) is 28.7. The zero-order valence-corrected chi connectivity index (χ0v) is 49.4. The normalized spacial score (nSPS) is 15.7. The topological polar surface area (TPSA) is 608 Å². The zero-order chi connectivity index (χ0) is 68.2. The number of benzene rings is 1. The van der Waals surface area contributed by atoms with Crippen LogP contribution in [0.5, 0.6) is 0 Å². The van der Waals surface area contributed by atoms with Crippen molar-refractivity contribution < 1.29 is 119 Å². The maximum atomic E-state index is 14.3. The van der Waals surface area contributed by atoms with Crippen LogP contribution in [0.1, 0.15) is 106 Å². The molecule has 0 fully saturated rings. The van der Waals surface area contributed by atoms with Crippen LogP contribution in [-0.4, -0.2) is 239 Å². The summed E-state index contributed by atoms with van der Waals surface area (Å²) in [4.78, 5) is 168. The third-order valence-electron chi connectivity index (χ3n) is 14.4. The van der Waals surface area contributed by atoms with Gasteiger partial charge in [0.2, 0.25) is 23.6 Å². The van der Waals surface area contributed by atoms with Gasteiger partial charge in [-0.15, -0.1) is 0 Å². The van der Waals surface area contributed by atoms with Gasteiger partial charge in [-0.05, 0) is 56.4 Å². The maximum Gasteiger partial charge on any atom is 0.326 e. The second-order valence-corrected chi connectivity index (χ2v) is 21.4. The summed E-state index contributed by atoms with van der Waals surface area (Å²) in [5.41, 5.74) is 6.25. The lowest BCUT2D eigenvalue weighted by Gasteiger charge is -2.26. The molecule has 5 amide bonds. The van der Waals surface area contributed by atoms with Gasteiger partial charge in [0.05, 0.1) is 61.5 Å². The van der Waals surface area contributed by atoms with Crippen molar-refractivity contribution in [3.8, 4) is 0 Å². The SMILES string of the molecule is CCC(=O)[C@@H](CCC(=O)O)NC(=O)[C@@H](CCC(=O)NC[C@H](O)[C@@H](O)[C@H](O)[C@H](O)CO)CC(=O)[C@@H](CCC(=O)O)NC(=O)[C@@H](CCC(=O)NC[C@H](O)[C@@H](O)[C@H](O)[C@H](O)CO)CC(=O)CC[C@@H](NC(=O)c1ccc(NCc2cnc3cc(N)[nH]c(=O)c3n2)cc1)C(=O)O. The molecule has 0 saturated heterocycles. The average Bonchev–Trinajstić information content (AvgIpc) is 2.34. The number of anilines is 2. The molecule has 91 heavy (non-hydrogen) atoms. The van der Waals surface area contributed by atoms with E-state index in [2.05, 4.69) is 46.9 Å². The Kier molecular flexibility index (Phi) is 32.2. The highest BCUT2D eigenvalue weighted by molar-refractivity contribution is 5.98. The molecule has 22 N–H and O–H groups in total. The third-order valence-corrected chi connectivity index (χ3v) is 14.4. The number of H-pyrrole nitrogens is 1. The van der Waals surface area contributed by atoms with Crippen molar-refractivity contribution >= 4 is 87.3 Å². The standard InChI is InChI=1S/C56H80N10O25/c1-2-36(70)32(11-15-45(78)79)63-54(88)28(6-14-44(77)61-23-39(73)49(83)51(85)41(75)25-68)18-37(71)33(12-16-46(80)81)64-53(87)27(5-13-43(76)60-22-38(72)48(82)50(84)40(74)24-67)17-31(69)9-10-34(56(90)91)65-52(86)26-3-7-29(8-4-26)58-20-30-21-59-35-19-42(57)66-55(89)47(35)62-30/h3-4,7-8,19,21,27-28,32-34,38-41,48-51,58,67-68,72-75,82-85H,2,5-6,9-18,20,22-25H2,1H3,(H,60,76)(H,61,77)(H,63,88)(H,64,87)(H,65,86)(H,78,79)(H,80,81)(H,90,91)(H3,57,66,89)/t27-,28-,32+,33+,34+,38-,39-,40+,41+,48+,49+,50+,51+/m0/s1. The summed E-state index contributed by atoms with van der Waals surface area (Å²) in [6.45, 7) is -2.07. The Morgan fingerprint density at radius 3 is 1.53 bits per heavy atom. The van der Waals surface area contributed by atoms with Crippen molar-refractivity contribution in [1.29, 1.82) is 0 Å². The van der Waals surface area contributed by atoms with Gasteiger partial charge in [-0.3, -0.25) is 57.7 Å². The lowest BCUT2D eigenvalue weighted by molar-refractivity contribution is -0.140. The molecule has 3 rings (SSSR count). The van der Waals surface area contributed by atoms with E-state index in [4.69, 9.17) is 15.9 Å². The number of nitrogens with zero attached hydrogens (tertiary/aromatic N) is 2. The van der Waals surface area contributed by atoms with E-state index in [-0.39, 0.29) is 35.4 Å². The predicted octanol–water partition coefficient (Wildman–Crippen LogP) is -6.03. The van der Waals surface area contributed by atoms with Gasteiger partial charge in [-0.2, -0.15) is 0 Å². The minimum absolute atomic E-state index is 0.0194. The molecule has 0 aliphatic rings. The number of ketones is 3. The van der Waals surface area contributed by atoms with Gasteiger partial charge >= 0.3 is 17.9 Å². The number of Topliss-reactive ketones (excluding diaryl/α,β-unsaturated/α-hetero) is 3. The van der Waals surface area contributed by atoms with Crippen LogP contribution >= 0.6 is 0 Å². The molecule has 35 heteroatoms. The van der Waals surface area contributed by atoms with Crippen molar-refractivity contribution in [1.82, 2.24) is 41.5 Å². The lowest BCUT2D eigenvalue weighted by Crippen LogP contribution is -2.49. The van der Waals surface area contributed by atoms with Crippen LogP contribution < -0.4 is 43.2 Å². The number of fused-ring (bicyclic) bond motifs is 1. The van der Waals surface area contributed by atoms with Gasteiger partial charge in [0.15, 0.2) is 17.1 Å². The number of aliphatic hydroxyl groups excluding tert-OH is 10. The monoisotopic (exact) mass is 1290 g/mol. The summed E-state index contributed by atoms with van der Waals surface area (Å²) in [6.07, 6.45) is -22.8. The molecule has 13 atom stereocenters. The summed E-state index contributed by atoms with van der Waals surface area (Å²) < 4.78 is 0. The number of aromatic amines is 1. The maximum absolute atomic E-state index is 14.3. The predicted molar refractivity (Wildman–Crippen MR) is 312 cm³/mol. The third kappa shape index (κ3) is 26.1. The Bertz CT molecular complexity index is 3040. The fourth-order valence-electron chi connectivity index (χ4n) is 8.90. The van der Waals surface area contributed by atoms with Crippen LogP contribution in [0.15, 0.2) is 41.3 Å². The first-order chi connectivity index (χ1) is 42.9. The molecular formula is C56H80N10O25. The number of aliphatic carboxylic acids is 3. The van der Waals surface area contributed by atoms with Crippen LogP contribution in [0.4, 0.5) is 11.5 Å². The van der Waals surface area contributed by atoms with Crippen LogP contribution in [0.25, 0.3) is 11.0 Å². The highest BCUT2D eigenvalue weighted by Crippen LogP contribution is 2.21. The summed E-state index contributed by atoms with van der Waals surface area (Å²) in [5, 5.41) is 142. The summed E-state index contributed by atoms with van der Waals surface area (Å²) in [7, 11) is 0. The van der Waals surface area contributed by atoms with Crippen LogP contribution in [0.2, 0.25) is 0 Å². The molecule has 0 aliphatic heterocycles. The summed E-state index contributed by atoms with van der Waals surface area (Å²) in [6, 6.07) is 2.11. The molecule has 0 spiro atoms. The van der Waals surface area contributed by atoms with Crippen LogP contribution in [0.3, 0.4) is 0 Å². The fourth-order valence-corrected chi connectivity index (χ4v) is 8.90. The number of hydrogen-bond donors (Lipinski definition) is 21. The highest BCUT2D eigenvalue weighted by Gasteiger charge is 2.35. The van der Waals surface area contributed by atoms with E-state index in [1.807, 2.05) is 0 Å². The molecule has 1 aromatic carbocycles. The number of nitrogens with one attached hydrogen (secondary N) is 7. The Morgan fingerprint density at radius 1 is 0.582 bits per heavy atom. The van der Waals surface area contributed by atoms with Gasteiger partial charge in [-0.1, -0.05) is 6.92 Å². The molecular weight excluding hydrogens is 1210 g/mol. The number of pyridine rings is 1. The first-order valence-corrected chi connectivity index (χ1v) is 28.7. The number of rotatable bonds is 44. The van der Waals surface area contributed by atoms with Crippen LogP contribution in [0, 0.1) is 11.8 Å². The number of nitrogens with two attached hydrogens (primary N) is 1. The number of amides is 5. The number of carboxylic acids is 3. The van der Waals surface area contributed by atoms with E-state index in [0.717, 1.165) is 0 Å². The average molecular weight is 1290 g/mol. The minimum atomic E-state index is -2.10. The second-order valence-electron chi connectivity index (χ2n) is 21.4. The van der Waals surface area contributed by atoms with Gasteiger partial charge in [-0.25, -0.2) is 9.78 Å². The molecule has 0 saturated carbocycles. The summed E-state index contributed by atoms with van der Waals surface area (Å²) in [5.74, 6) is -15.2. The van der Waals surface area contributed by atoms with E-state index in [0.29, 0.717) is 11.4 Å². The highest BCUT2D eigenvalue weighted by atomic mass is 16.4. The molecule has 3 aromatic rings. The molecule has 2 aromatic heterocycles. The van der Waals surface area contributed by atoms with Crippen molar-refractivity contribution in [3.05, 3.63) is 58.1 Å². The fraction of sp³-hybridized carbons (Fsp3) is 0.571. The zero-order valence-electron chi connectivity index (χ0n) is 49.4. The van der Waals surface area contributed by atoms with E-state index >= 15 is 0 Å². The molecule has 2 heterocycles. The van der Waals surface area contributed by atoms with Gasteiger partial charge in [0.25, 0.3) is 11.5 Å². The van der Waals surface area contributed by atoms with Gasteiger partial charge in [0.1, 0.15) is 54.3 Å². The second kappa shape index (κ2) is 38.2. The molecule has 0 radical (unpaired) electrons. The van der Waals surface area contributed by atoms with E-state index < -0.39 is 252 Å². The number of aromatic nitrogens is 3. The number of carboxylic acid groups (broad SMARTS) is 3. The quantitative estimate of drug-likeness (QED) is 0.0251. The summed E-state index contributed by atoms with van der Waals surface area (Å²) >= 11 is 0. The molecule has 0 bridgehead atoms. The number of nitrogen functional groups attached to an aromatic ring is 1. The van der Waals surface area contributed by atoms with Crippen molar-refractivity contribution in [3.63, 3.8) is 0 Å².